The van der Waals surface area contributed by atoms with Crippen molar-refractivity contribution in [2.45, 2.75) is 0 Å². The molecule has 0 aliphatic carbocycles. The molecular weight excluding hydrogens is 244 g/mol. The molecule has 3 nitrogen and oxygen atoms in total. The summed E-state index contributed by atoms with van der Waals surface area (Å²) in [6.45, 7) is 4.33. The summed E-state index contributed by atoms with van der Waals surface area (Å²) in [5.41, 5.74) is 1.70. The maximum atomic E-state index is 12.0. The van der Waals surface area contributed by atoms with E-state index in [1.54, 1.807) is 18.0 Å². The Hall–Kier alpha value is -1.68. The fourth-order valence-corrected chi connectivity index (χ4v) is 2.34. The first-order chi connectivity index (χ1) is 8.83. The Morgan fingerprint density at radius 3 is 3.11 bits per heavy atom. The van der Waals surface area contributed by atoms with Crippen LogP contribution in [0.25, 0.3) is 10.9 Å². The highest BCUT2D eigenvalue weighted by Gasteiger charge is 2.10. The van der Waals surface area contributed by atoms with Gasteiger partial charge in [0.05, 0.1) is 5.56 Å². The van der Waals surface area contributed by atoms with Crippen molar-refractivity contribution in [2.24, 2.45) is 0 Å². The van der Waals surface area contributed by atoms with Crippen molar-refractivity contribution in [3.05, 3.63) is 48.7 Å². The number of rotatable bonds is 6. The predicted molar refractivity (Wildman–Crippen MR) is 78.2 cm³/mol. The third-order valence-electron chi connectivity index (χ3n) is 2.60. The molecule has 94 valence electrons. The first-order valence-corrected chi connectivity index (χ1v) is 7.01. The first kappa shape index (κ1) is 12.8. The predicted octanol–water partition coefficient (Wildman–Crippen LogP) is 2.82. The Morgan fingerprint density at radius 2 is 2.28 bits per heavy atom. The molecule has 0 bridgehead atoms. The molecule has 0 spiro atoms. The van der Waals surface area contributed by atoms with Crippen LogP contribution in [-0.2, 0) is 0 Å². The van der Waals surface area contributed by atoms with Crippen LogP contribution in [0, 0.1) is 0 Å². The number of nitrogens with one attached hydrogen (secondary N) is 2. The van der Waals surface area contributed by atoms with Gasteiger partial charge in [0.1, 0.15) is 0 Å². The highest BCUT2D eigenvalue weighted by molar-refractivity contribution is 7.99. The molecule has 0 saturated heterocycles. The number of aromatic nitrogens is 1. The summed E-state index contributed by atoms with van der Waals surface area (Å²) in [6.07, 6.45) is 3.63. The summed E-state index contributed by atoms with van der Waals surface area (Å²) >= 11 is 1.76. The molecule has 4 heteroatoms. The van der Waals surface area contributed by atoms with Crippen molar-refractivity contribution in [3.8, 4) is 0 Å². The van der Waals surface area contributed by atoms with Gasteiger partial charge < -0.3 is 10.3 Å². The lowest BCUT2D eigenvalue weighted by molar-refractivity contribution is 0.0958. The molecule has 0 unspecified atom stereocenters. The second kappa shape index (κ2) is 6.31. The highest BCUT2D eigenvalue weighted by atomic mass is 32.2. The van der Waals surface area contributed by atoms with E-state index in [0.717, 1.165) is 22.4 Å². The number of amides is 1. The van der Waals surface area contributed by atoms with E-state index >= 15 is 0 Å². The van der Waals surface area contributed by atoms with E-state index < -0.39 is 0 Å². The van der Waals surface area contributed by atoms with Gasteiger partial charge in [-0.05, 0) is 6.07 Å². The molecule has 2 rings (SSSR count). The zero-order chi connectivity index (χ0) is 12.8. The molecule has 2 N–H and O–H groups in total. The molecular formula is C14H16N2OS. The van der Waals surface area contributed by atoms with E-state index in [-0.39, 0.29) is 5.91 Å². The number of carbonyl (C=O) groups excluding carboxylic acids is 1. The van der Waals surface area contributed by atoms with Crippen LogP contribution in [0.4, 0.5) is 0 Å². The van der Waals surface area contributed by atoms with Gasteiger partial charge in [0, 0.05) is 35.2 Å². The quantitative estimate of drug-likeness (QED) is 0.619. The molecule has 0 aliphatic rings. The number of carbonyl (C=O) groups is 1. The highest BCUT2D eigenvalue weighted by Crippen LogP contribution is 2.17. The number of hydrogen-bond donors (Lipinski definition) is 2. The largest absolute Gasteiger partial charge is 0.360 e. The summed E-state index contributed by atoms with van der Waals surface area (Å²) in [7, 11) is 0. The van der Waals surface area contributed by atoms with Crippen molar-refractivity contribution >= 4 is 28.6 Å². The van der Waals surface area contributed by atoms with Gasteiger partial charge in [-0.15, -0.1) is 6.58 Å². The maximum Gasteiger partial charge on any atom is 0.253 e. The minimum atomic E-state index is -0.0216. The van der Waals surface area contributed by atoms with Crippen LogP contribution >= 0.6 is 11.8 Å². The Bertz CT molecular complexity index is 547. The Balaban J connectivity index is 1.94. The van der Waals surface area contributed by atoms with Gasteiger partial charge >= 0.3 is 0 Å². The van der Waals surface area contributed by atoms with E-state index in [2.05, 4.69) is 16.9 Å². The summed E-state index contributed by atoms with van der Waals surface area (Å²) in [5.74, 6) is 1.80. The number of fused-ring (bicyclic) bond motifs is 1. The van der Waals surface area contributed by atoms with Gasteiger partial charge in [-0.3, -0.25) is 4.79 Å². The standard InChI is InChI=1S/C14H16N2OS/c1-2-8-18-9-7-15-14(17)12-10-16-13-6-4-3-5-11(12)13/h2-6,10,16H,1,7-9H2,(H,15,17). The van der Waals surface area contributed by atoms with Gasteiger partial charge in [0.2, 0.25) is 0 Å². The van der Waals surface area contributed by atoms with E-state index in [1.165, 1.54) is 0 Å². The van der Waals surface area contributed by atoms with E-state index in [1.807, 2.05) is 30.3 Å². The second-order valence-corrected chi connectivity index (χ2v) is 5.02. The molecule has 1 aromatic heterocycles. The lowest BCUT2D eigenvalue weighted by Gasteiger charge is -2.03. The van der Waals surface area contributed by atoms with Crippen LogP contribution in [-0.4, -0.2) is 28.9 Å². The van der Waals surface area contributed by atoms with Crippen molar-refractivity contribution in [1.82, 2.24) is 10.3 Å². The number of benzene rings is 1. The molecule has 18 heavy (non-hydrogen) atoms. The lowest BCUT2D eigenvalue weighted by atomic mass is 10.1. The van der Waals surface area contributed by atoms with Crippen LogP contribution in [0.3, 0.4) is 0 Å². The molecule has 0 radical (unpaired) electrons. The molecule has 0 atom stereocenters. The Kier molecular flexibility index (Phi) is 4.47. The summed E-state index contributed by atoms with van der Waals surface area (Å²) in [5, 5.41) is 3.89. The number of para-hydroxylation sites is 1. The summed E-state index contributed by atoms with van der Waals surface area (Å²) in [4.78, 5) is 15.1. The third kappa shape index (κ3) is 2.96. The van der Waals surface area contributed by atoms with Gasteiger partial charge in [-0.25, -0.2) is 0 Å². The molecule has 1 aromatic carbocycles. The minimum absolute atomic E-state index is 0.0216. The van der Waals surface area contributed by atoms with Crippen LogP contribution in [0.15, 0.2) is 43.1 Å². The monoisotopic (exact) mass is 260 g/mol. The van der Waals surface area contributed by atoms with Gasteiger partial charge in [0.25, 0.3) is 5.91 Å². The number of H-pyrrole nitrogens is 1. The van der Waals surface area contributed by atoms with Crippen LogP contribution in [0.2, 0.25) is 0 Å². The number of hydrogen-bond acceptors (Lipinski definition) is 2. The van der Waals surface area contributed by atoms with E-state index in [0.29, 0.717) is 12.1 Å². The van der Waals surface area contributed by atoms with Crippen LogP contribution in [0.1, 0.15) is 10.4 Å². The fourth-order valence-electron chi connectivity index (χ4n) is 1.76. The lowest BCUT2D eigenvalue weighted by Crippen LogP contribution is -2.25. The van der Waals surface area contributed by atoms with Crippen LogP contribution in [0.5, 0.6) is 0 Å². The average Bonchev–Trinajstić information content (AvgIpc) is 2.82. The molecule has 0 saturated carbocycles. The molecule has 2 aromatic rings. The number of aromatic amines is 1. The first-order valence-electron chi connectivity index (χ1n) is 5.86. The molecule has 1 heterocycles. The zero-order valence-corrected chi connectivity index (χ0v) is 10.9. The number of thioether (sulfide) groups is 1. The van der Waals surface area contributed by atoms with E-state index in [4.69, 9.17) is 0 Å². The van der Waals surface area contributed by atoms with Gasteiger partial charge in [0.15, 0.2) is 0 Å². The van der Waals surface area contributed by atoms with Crippen molar-refractivity contribution < 1.29 is 4.79 Å². The van der Waals surface area contributed by atoms with E-state index in [9.17, 15) is 4.79 Å². The van der Waals surface area contributed by atoms with Crippen molar-refractivity contribution in [2.75, 3.05) is 18.1 Å². The maximum absolute atomic E-state index is 12.0. The summed E-state index contributed by atoms with van der Waals surface area (Å²) in [6, 6.07) is 7.80. The van der Waals surface area contributed by atoms with Gasteiger partial charge in [-0.2, -0.15) is 11.8 Å². The van der Waals surface area contributed by atoms with Crippen LogP contribution < -0.4 is 5.32 Å². The zero-order valence-electron chi connectivity index (χ0n) is 10.1. The summed E-state index contributed by atoms with van der Waals surface area (Å²) < 4.78 is 0. The SMILES string of the molecule is C=CCSCCNC(=O)c1c[nH]c2ccccc12. The second-order valence-electron chi connectivity index (χ2n) is 3.87. The Labute approximate surface area is 111 Å². The molecule has 0 fully saturated rings. The van der Waals surface area contributed by atoms with Gasteiger partial charge in [-0.1, -0.05) is 24.3 Å². The fraction of sp³-hybridized carbons (Fsp3) is 0.214. The smallest absolute Gasteiger partial charge is 0.253 e. The minimum Gasteiger partial charge on any atom is -0.360 e. The van der Waals surface area contributed by atoms with Crippen molar-refractivity contribution in [1.29, 1.82) is 0 Å². The normalized spacial score (nSPS) is 10.4. The molecule has 1 amide bonds. The Morgan fingerprint density at radius 1 is 1.44 bits per heavy atom. The average molecular weight is 260 g/mol. The third-order valence-corrected chi connectivity index (χ3v) is 3.57. The molecule has 0 aliphatic heterocycles. The van der Waals surface area contributed by atoms with Crippen molar-refractivity contribution in [3.63, 3.8) is 0 Å². The topological polar surface area (TPSA) is 44.9 Å².